The van der Waals surface area contributed by atoms with Crippen LogP contribution >= 0.6 is 0 Å². The highest BCUT2D eigenvalue weighted by Gasteiger charge is 2.61. The van der Waals surface area contributed by atoms with Gasteiger partial charge in [0.2, 0.25) is 0 Å². The molecule has 0 saturated carbocycles. The molecule has 2 aromatic heterocycles. The Labute approximate surface area is 282 Å². The minimum Gasteiger partial charge on any atom is -0.449 e. The summed E-state index contributed by atoms with van der Waals surface area (Å²) in [5.41, 5.74) is 1.89. The number of aliphatic hydroxyl groups is 1. The molecule has 0 unspecified atom stereocenters. The molecule has 2 aliphatic rings. The third kappa shape index (κ3) is 6.76. The highest BCUT2D eigenvalue weighted by atomic mass is 28.5. The molecule has 3 aromatic rings. The average molecular weight is 703 g/mol. The molecule has 0 aliphatic carbocycles. The fourth-order valence-corrected chi connectivity index (χ4v) is 17.9. The molecule has 2 saturated heterocycles. The average Bonchev–Trinajstić information content (AvgIpc) is 3.57. The minimum atomic E-state index is -2.99. The predicted molar refractivity (Wildman–Crippen MR) is 181 cm³/mol. The molecule has 17 heteroatoms. The smallest absolute Gasteiger partial charge is 0.412 e. The van der Waals surface area contributed by atoms with Gasteiger partial charge in [-0.3, -0.25) is 20.0 Å². The number of nitro benzene ring substituents is 1. The summed E-state index contributed by atoms with van der Waals surface area (Å²) in [6.07, 6.45) is -0.873. The van der Waals surface area contributed by atoms with E-state index in [0.717, 1.165) is 5.56 Å². The molecule has 2 N–H and O–H groups in total. The lowest BCUT2D eigenvalue weighted by Gasteiger charge is -2.51. The first-order valence-corrected chi connectivity index (χ1v) is 20.3. The van der Waals surface area contributed by atoms with Crippen LogP contribution in [0.2, 0.25) is 22.2 Å². The van der Waals surface area contributed by atoms with Crippen molar-refractivity contribution in [3.8, 4) is 0 Å². The maximum Gasteiger partial charge on any atom is 0.412 e. The molecule has 1 aromatic carbocycles. The molecule has 2 fully saturated rings. The number of hydrogen-bond acceptors (Lipinski definition) is 12. The maximum atomic E-state index is 12.6. The van der Waals surface area contributed by atoms with Crippen molar-refractivity contribution in [1.82, 2.24) is 19.5 Å². The Kier molecular flexibility index (Phi) is 10.7. The first-order chi connectivity index (χ1) is 22.7. The van der Waals surface area contributed by atoms with Crippen LogP contribution in [0.4, 0.5) is 16.3 Å². The molecular weight excluding hydrogens is 657 g/mol. The summed E-state index contributed by atoms with van der Waals surface area (Å²) in [5.74, 6) is 0.126. The first kappa shape index (κ1) is 36.0. The van der Waals surface area contributed by atoms with Crippen molar-refractivity contribution < 1.29 is 37.3 Å². The second kappa shape index (κ2) is 14.3. The largest absolute Gasteiger partial charge is 0.449 e. The van der Waals surface area contributed by atoms with E-state index in [1.807, 2.05) is 0 Å². The van der Waals surface area contributed by atoms with Crippen LogP contribution < -0.4 is 5.32 Å². The van der Waals surface area contributed by atoms with Crippen molar-refractivity contribution in [3.63, 3.8) is 0 Å². The zero-order chi connectivity index (χ0) is 35.0. The SMILES string of the molecule is CC(C)[Si]1(C(C)C)OC[C@H]2O[C@@H](n3cnc4c(NC(=O)OCCc5ccc([N+](=O)[O-])cc5)ncnc43)[C@H](O)[C@@H]2O[Si](C(C)C)(C(C)C)O1. The summed E-state index contributed by atoms with van der Waals surface area (Å²) >= 11 is 0. The molecule has 2 aliphatic heterocycles. The zero-order valence-electron chi connectivity index (χ0n) is 28.7. The number of nitro groups is 1. The number of aromatic nitrogens is 4. The van der Waals surface area contributed by atoms with E-state index in [-0.39, 0.29) is 52.4 Å². The number of anilines is 1. The number of rotatable bonds is 10. The predicted octanol–water partition coefficient (Wildman–Crippen LogP) is 5.74. The van der Waals surface area contributed by atoms with E-state index >= 15 is 0 Å². The number of fused-ring (bicyclic) bond motifs is 2. The van der Waals surface area contributed by atoms with Gasteiger partial charge in [0.05, 0.1) is 24.5 Å². The third-order valence-electron chi connectivity index (χ3n) is 9.27. The molecular formula is C31H46N6O9Si2. The molecule has 48 heavy (non-hydrogen) atoms. The number of aliphatic hydroxyl groups excluding tert-OH is 1. The highest BCUT2D eigenvalue weighted by Crippen LogP contribution is 2.48. The van der Waals surface area contributed by atoms with E-state index in [9.17, 15) is 20.0 Å². The minimum absolute atomic E-state index is 0.0122. The van der Waals surface area contributed by atoms with E-state index < -0.39 is 52.7 Å². The molecule has 0 radical (unpaired) electrons. The van der Waals surface area contributed by atoms with E-state index in [1.54, 1.807) is 16.7 Å². The topological polar surface area (TPSA) is 182 Å². The van der Waals surface area contributed by atoms with E-state index in [2.05, 4.69) is 75.7 Å². The summed E-state index contributed by atoms with van der Waals surface area (Å²) in [6, 6.07) is 6.03. The van der Waals surface area contributed by atoms with Crippen molar-refractivity contribution >= 4 is 45.9 Å². The molecule has 0 spiro atoms. The Morgan fingerprint density at radius 3 is 2.29 bits per heavy atom. The fourth-order valence-electron chi connectivity index (χ4n) is 6.68. The Bertz CT molecular complexity index is 1590. The van der Waals surface area contributed by atoms with Gasteiger partial charge < -0.3 is 27.5 Å². The third-order valence-corrected chi connectivity index (χ3v) is 19.5. The van der Waals surface area contributed by atoms with Crippen LogP contribution in [0, 0.1) is 10.1 Å². The lowest BCUT2D eigenvalue weighted by Crippen LogP contribution is -2.65. The van der Waals surface area contributed by atoms with Gasteiger partial charge in [0.1, 0.15) is 24.6 Å². The van der Waals surface area contributed by atoms with Gasteiger partial charge in [-0.2, -0.15) is 0 Å². The van der Waals surface area contributed by atoms with Crippen LogP contribution in [-0.4, -0.2) is 84.3 Å². The molecule has 5 rings (SSSR count). The monoisotopic (exact) mass is 702 g/mol. The van der Waals surface area contributed by atoms with Gasteiger partial charge in [-0.1, -0.05) is 67.5 Å². The molecule has 4 atom stereocenters. The van der Waals surface area contributed by atoms with E-state index in [0.29, 0.717) is 12.1 Å². The van der Waals surface area contributed by atoms with Gasteiger partial charge in [-0.25, -0.2) is 19.7 Å². The lowest BCUT2D eigenvalue weighted by molar-refractivity contribution is -0.384. The second-order valence-electron chi connectivity index (χ2n) is 13.6. The van der Waals surface area contributed by atoms with Crippen LogP contribution in [0.25, 0.3) is 11.2 Å². The van der Waals surface area contributed by atoms with Crippen LogP contribution in [0.15, 0.2) is 36.9 Å². The number of amides is 1. The summed E-state index contributed by atoms with van der Waals surface area (Å²) < 4.78 is 34.5. The standard InChI is InChI=1S/C31H46N6O9Si2/c1-18(2)47(19(3)4)43-15-24-27(45-48(46-47,20(5)6)21(7)8)26(38)30(44-24)36-17-34-25-28(32-16-33-29(25)36)35-31(39)42-14-13-22-9-11-23(12-10-22)37(40)41/h9-12,16-21,24,26-27,30,38H,13-15H2,1-8H3,(H,32,33,35,39)/t24-,26-,27-,30-/m1/s1. The van der Waals surface area contributed by atoms with Crippen LogP contribution in [-0.2, 0) is 28.9 Å². The van der Waals surface area contributed by atoms with Gasteiger partial charge in [0, 0.05) is 18.6 Å². The quantitative estimate of drug-likeness (QED) is 0.149. The highest BCUT2D eigenvalue weighted by molar-refractivity contribution is 6.84. The Morgan fingerprint density at radius 1 is 1.04 bits per heavy atom. The second-order valence-corrected chi connectivity index (χ2v) is 22.4. The van der Waals surface area contributed by atoms with Gasteiger partial charge >= 0.3 is 23.2 Å². The molecule has 1 amide bonds. The molecule has 4 heterocycles. The van der Waals surface area contributed by atoms with Crippen molar-refractivity contribution in [3.05, 3.63) is 52.6 Å². The van der Waals surface area contributed by atoms with Crippen molar-refractivity contribution in [2.45, 2.75) is 109 Å². The Hall–Kier alpha value is -3.33. The number of carbonyl (C=O) groups excluding carboxylic acids is 1. The molecule has 262 valence electrons. The van der Waals surface area contributed by atoms with Crippen molar-refractivity contribution in [1.29, 1.82) is 0 Å². The number of benzene rings is 1. The number of carbonyl (C=O) groups is 1. The van der Waals surface area contributed by atoms with Crippen LogP contribution in [0.1, 0.15) is 67.2 Å². The Balaban J connectivity index is 1.34. The summed E-state index contributed by atoms with van der Waals surface area (Å²) in [7, 11) is -5.78. The van der Waals surface area contributed by atoms with E-state index in [4.69, 9.17) is 22.4 Å². The van der Waals surface area contributed by atoms with Gasteiger partial charge in [0.15, 0.2) is 23.2 Å². The number of imidazole rings is 1. The Morgan fingerprint density at radius 2 is 1.69 bits per heavy atom. The van der Waals surface area contributed by atoms with E-state index in [1.165, 1.54) is 24.8 Å². The normalized spacial score (nSPS) is 23.8. The van der Waals surface area contributed by atoms with Gasteiger partial charge in [0.25, 0.3) is 5.69 Å². The number of non-ortho nitro benzene ring substituents is 1. The lowest BCUT2D eigenvalue weighted by atomic mass is 10.1. The van der Waals surface area contributed by atoms with Crippen molar-refractivity contribution in [2.24, 2.45) is 0 Å². The number of ether oxygens (including phenoxy) is 2. The molecule has 0 bridgehead atoms. The maximum absolute atomic E-state index is 12.6. The van der Waals surface area contributed by atoms with Crippen LogP contribution in [0.5, 0.6) is 0 Å². The van der Waals surface area contributed by atoms with Crippen molar-refractivity contribution in [2.75, 3.05) is 18.5 Å². The number of nitrogens with zero attached hydrogens (tertiary/aromatic N) is 5. The summed E-state index contributed by atoms with van der Waals surface area (Å²) in [6.45, 7) is 17.3. The summed E-state index contributed by atoms with van der Waals surface area (Å²) in [5, 5.41) is 25.3. The zero-order valence-corrected chi connectivity index (χ0v) is 30.7. The number of nitrogens with one attached hydrogen (secondary N) is 1. The van der Waals surface area contributed by atoms with Gasteiger partial charge in [-0.05, 0) is 27.7 Å². The van der Waals surface area contributed by atoms with Gasteiger partial charge in [-0.15, -0.1) is 0 Å². The molecule has 15 nitrogen and oxygen atoms in total. The fraction of sp³-hybridized carbons (Fsp3) is 0.613. The summed E-state index contributed by atoms with van der Waals surface area (Å²) in [4.78, 5) is 36.1. The van der Waals surface area contributed by atoms with Crippen LogP contribution in [0.3, 0.4) is 0 Å². The number of hydrogen-bond donors (Lipinski definition) is 2. The first-order valence-electron chi connectivity index (χ1n) is 16.4.